The number of rotatable bonds is 9. The van der Waals surface area contributed by atoms with Gasteiger partial charge in [-0.25, -0.2) is 0 Å². The van der Waals surface area contributed by atoms with E-state index in [-0.39, 0.29) is 5.69 Å². The van der Waals surface area contributed by atoms with Crippen molar-refractivity contribution in [3.8, 4) is 5.75 Å². The van der Waals surface area contributed by atoms with Crippen molar-refractivity contribution in [2.75, 3.05) is 6.61 Å². The highest BCUT2D eigenvalue weighted by Gasteiger charge is 2.18. The summed E-state index contributed by atoms with van der Waals surface area (Å²) in [6, 6.07) is 22.2. The molecule has 1 aromatic heterocycles. The first-order valence-corrected chi connectivity index (χ1v) is 11.3. The van der Waals surface area contributed by atoms with E-state index in [9.17, 15) is 9.90 Å². The molecule has 5 heteroatoms. The second-order valence-electron chi connectivity index (χ2n) is 8.39. The molecule has 170 valence electrons. The zero-order valence-electron chi connectivity index (χ0n) is 19.4. The third-order valence-corrected chi connectivity index (χ3v) is 5.84. The molecule has 3 aromatic carbocycles. The number of nitrogens with one attached hydrogen (secondary N) is 1. The summed E-state index contributed by atoms with van der Waals surface area (Å²) < 4.78 is 7.37. The molecular formula is C28H29N2O3-. The molecule has 0 atom stereocenters. The summed E-state index contributed by atoms with van der Waals surface area (Å²) in [5.74, 6) is -0.316. The Morgan fingerprint density at radius 2 is 1.58 bits per heavy atom. The van der Waals surface area contributed by atoms with Crippen LogP contribution in [-0.4, -0.2) is 17.1 Å². The van der Waals surface area contributed by atoms with E-state index in [0.29, 0.717) is 26.2 Å². The minimum atomic E-state index is -1.16. The van der Waals surface area contributed by atoms with E-state index in [4.69, 9.17) is 4.74 Å². The summed E-state index contributed by atoms with van der Waals surface area (Å²) in [5.41, 5.74) is 6.31. The van der Waals surface area contributed by atoms with Crippen LogP contribution in [-0.2, 0) is 19.6 Å². The predicted molar refractivity (Wildman–Crippen MR) is 129 cm³/mol. The standard InChI is InChI=1S/C28H30N2O3/c1-4-33-23-12-10-21(11-13-23)16-29-17-25-24-14-7-20(3)15-26(24)30(27(25)28(31)32)18-22-8-5-19(2)6-9-22/h5-15,29H,4,16-18H2,1-3H3,(H,31,32)/p-1. The van der Waals surface area contributed by atoms with Gasteiger partial charge in [-0.3, -0.25) is 0 Å². The number of carboxylic acids is 1. The number of aryl methyl sites for hydroxylation is 2. The van der Waals surface area contributed by atoms with E-state index >= 15 is 0 Å². The largest absolute Gasteiger partial charge is 0.543 e. The third-order valence-electron chi connectivity index (χ3n) is 5.84. The zero-order chi connectivity index (χ0) is 23.4. The van der Waals surface area contributed by atoms with Gasteiger partial charge in [0.2, 0.25) is 0 Å². The summed E-state index contributed by atoms with van der Waals surface area (Å²) in [7, 11) is 0. The van der Waals surface area contributed by atoms with Crippen LogP contribution in [0.25, 0.3) is 10.9 Å². The Morgan fingerprint density at radius 1 is 0.909 bits per heavy atom. The van der Waals surface area contributed by atoms with Gasteiger partial charge in [-0.05, 0) is 55.7 Å². The van der Waals surface area contributed by atoms with Gasteiger partial charge in [0.05, 0.1) is 18.3 Å². The van der Waals surface area contributed by atoms with Crippen molar-refractivity contribution < 1.29 is 14.6 Å². The average molecular weight is 442 g/mol. The molecule has 1 N–H and O–H groups in total. The van der Waals surface area contributed by atoms with Gasteiger partial charge in [0.15, 0.2) is 0 Å². The fourth-order valence-corrected chi connectivity index (χ4v) is 4.19. The van der Waals surface area contributed by atoms with Gasteiger partial charge in [0.1, 0.15) is 5.75 Å². The molecule has 4 rings (SSSR count). The van der Waals surface area contributed by atoms with Crippen molar-refractivity contribution in [3.05, 3.63) is 100 Å². The summed E-state index contributed by atoms with van der Waals surface area (Å²) in [6.07, 6.45) is 0. The van der Waals surface area contributed by atoms with Gasteiger partial charge in [0, 0.05) is 36.1 Å². The Balaban J connectivity index is 1.64. The molecule has 1 heterocycles. The molecule has 0 bridgehead atoms. The molecule has 0 aliphatic carbocycles. The highest BCUT2D eigenvalue weighted by atomic mass is 16.5. The topological polar surface area (TPSA) is 66.3 Å². The fourth-order valence-electron chi connectivity index (χ4n) is 4.19. The molecule has 0 amide bonds. The number of hydrogen-bond donors (Lipinski definition) is 1. The van der Waals surface area contributed by atoms with Crippen molar-refractivity contribution in [3.63, 3.8) is 0 Å². The maximum atomic E-state index is 12.3. The summed E-state index contributed by atoms with van der Waals surface area (Å²) in [5, 5.41) is 16.6. The molecular weight excluding hydrogens is 412 g/mol. The number of aromatic nitrogens is 1. The maximum absolute atomic E-state index is 12.3. The number of benzene rings is 3. The highest BCUT2D eigenvalue weighted by molar-refractivity contribution is 5.97. The van der Waals surface area contributed by atoms with E-state index in [1.807, 2.05) is 92.1 Å². The number of carbonyl (C=O) groups is 1. The Bertz CT molecular complexity index is 1260. The van der Waals surface area contributed by atoms with Gasteiger partial charge in [-0.15, -0.1) is 0 Å². The zero-order valence-corrected chi connectivity index (χ0v) is 19.4. The number of carboxylic acid groups (broad SMARTS) is 1. The van der Waals surface area contributed by atoms with Gasteiger partial charge < -0.3 is 24.5 Å². The minimum Gasteiger partial charge on any atom is -0.543 e. The Labute approximate surface area is 194 Å². The smallest absolute Gasteiger partial charge is 0.119 e. The van der Waals surface area contributed by atoms with Crippen LogP contribution in [0.5, 0.6) is 5.75 Å². The van der Waals surface area contributed by atoms with Crippen LogP contribution in [0.4, 0.5) is 0 Å². The number of aromatic carboxylic acids is 1. The normalized spacial score (nSPS) is 11.1. The molecule has 0 spiro atoms. The first kappa shape index (κ1) is 22.6. The van der Waals surface area contributed by atoms with Crippen LogP contribution < -0.4 is 15.2 Å². The molecule has 4 aromatic rings. The Kier molecular flexibility index (Phi) is 6.80. The molecule has 0 aliphatic heterocycles. The molecule has 0 unspecified atom stereocenters. The number of nitrogens with zero attached hydrogens (tertiary/aromatic N) is 1. The number of hydrogen-bond acceptors (Lipinski definition) is 4. The lowest BCUT2D eigenvalue weighted by Crippen LogP contribution is -2.28. The predicted octanol–water partition coefficient (Wildman–Crippen LogP) is 4.36. The summed E-state index contributed by atoms with van der Waals surface area (Å²) in [6.45, 7) is 8.18. The molecule has 0 saturated heterocycles. The second-order valence-corrected chi connectivity index (χ2v) is 8.39. The molecule has 0 fully saturated rings. The van der Waals surface area contributed by atoms with Crippen LogP contribution in [0.2, 0.25) is 0 Å². The number of carbonyl (C=O) groups excluding carboxylic acids is 1. The first-order valence-electron chi connectivity index (χ1n) is 11.3. The lowest BCUT2D eigenvalue weighted by Gasteiger charge is -2.14. The maximum Gasteiger partial charge on any atom is 0.119 e. The highest BCUT2D eigenvalue weighted by Crippen LogP contribution is 2.28. The van der Waals surface area contributed by atoms with Crippen molar-refractivity contribution in [1.29, 1.82) is 0 Å². The molecule has 0 aliphatic rings. The average Bonchev–Trinajstić information content (AvgIpc) is 3.09. The monoisotopic (exact) mass is 441 g/mol. The van der Waals surface area contributed by atoms with E-state index < -0.39 is 5.97 Å². The molecule has 0 saturated carbocycles. The molecule has 5 nitrogen and oxygen atoms in total. The van der Waals surface area contributed by atoms with E-state index in [1.165, 1.54) is 5.56 Å². The van der Waals surface area contributed by atoms with Crippen LogP contribution in [0, 0.1) is 13.8 Å². The third kappa shape index (κ3) is 5.10. The van der Waals surface area contributed by atoms with Gasteiger partial charge in [0.25, 0.3) is 0 Å². The second kappa shape index (κ2) is 9.92. The van der Waals surface area contributed by atoms with Crippen molar-refractivity contribution >= 4 is 16.9 Å². The lowest BCUT2D eigenvalue weighted by atomic mass is 10.1. The van der Waals surface area contributed by atoms with E-state index in [2.05, 4.69) is 5.32 Å². The molecule has 0 radical (unpaired) electrons. The van der Waals surface area contributed by atoms with E-state index in [0.717, 1.165) is 38.9 Å². The number of ether oxygens (including phenoxy) is 1. The van der Waals surface area contributed by atoms with Crippen LogP contribution in [0.3, 0.4) is 0 Å². The van der Waals surface area contributed by atoms with Gasteiger partial charge >= 0.3 is 0 Å². The molecule has 33 heavy (non-hydrogen) atoms. The fraction of sp³-hybridized carbons (Fsp3) is 0.250. The van der Waals surface area contributed by atoms with Gasteiger partial charge in [-0.1, -0.05) is 54.1 Å². The van der Waals surface area contributed by atoms with Crippen molar-refractivity contribution in [1.82, 2.24) is 9.88 Å². The van der Waals surface area contributed by atoms with Crippen molar-refractivity contribution in [2.24, 2.45) is 0 Å². The van der Waals surface area contributed by atoms with E-state index in [1.54, 1.807) is 0 Å². The van der Waals surface area contributed by atoms with Crippen molar-refractivity contribution in [2.45, 2.75) is 40.4 Å². The van der Waals surface area contributed by atoms with Gasteiger partial charge in [-0.2, -0.15) is 0 Å². The lowest BCUT2D eigenvalue weighted by molar-refractivity contribution is -0.255. The Hall–Kier alpha value is -3.57. The SMILES string of the molecule is CCOc1ccc(CNCc2c(C(=O)[O-])n(Cc3ccc(C)cc3)c3cc(C)ccc23)cc1. The quantitative estimate of drug-likeness (QED) is 0.419. The summed E-state index contributed by atoms with van der Waals surface area (Å²) in [4.78, 5) is 12.3. The Morgan fingerprint density at radius 3 is 2.24 bits per heavy atom. The first-order chi connectivity index (χ1) is 16.0. The minimum absolute atomic E-state index is 0.232. The number of fused-ring (bicyclic) bond motifs is 1. The van der Waals surface area contributed by atoms with Crippen LogP contribution in [0.1, 0.15) is 45.2 Å². The summed E-state index contributed by atoms with van der Waals surface area (Å²) >= 11 is 0. The van der Waals surface area contributed by atoms with Crippen LogP contribution in [0.15, 0.2) is 66.7 Å². The van der Waals surface area contributed by atoms with Crippen LogP contribution >= 0.6 is 0 Å².